The number of anilines is 3. The highest BCUT2D eigenvalue weighted by atomic mass is 19.1. The maximum absolute atomic E-state index is 15.4. The Morgan fingerprint density at radius 3 is 2.31 bits per heavy atom. The van der Waals surface area contributed by atoms with Gasteiger partial charge in [0.2, 0.25) is 17.7 Å². The van der Waals surface area contributed by atoms with E-state index in [2.05, 4.69) is 30.7 Å². The number of carbonyl (C=O) groups is 6. The number of piperidine rings is 2. The lowest BCUT2D eigenvalue weighted by molar-refractivity contribution is -0.136. The fraction of sp³-hybridized carbons (Fsp3) is 0.385. The highest BCUT2D eigenvalue weighted by Crippen LogP contribution is 2.36. The van der Waals surface area contributed by atoms with Gasteiger partial charge < -0.3 is 25.4 Å². The van der Waals surface area contributed by atoms with Crippen LogP contribution in [0.25, 0.3) is 11.6 Å². The van der Waals surface area contributed by atoms with Crippen LogP contribution in [0.2, 0.25) is 0 Å². The van der Waals surface area contributed by atoms with Crippen molar-refractivity contribution >= 4 is 64.2 Å². The lowest BCUT2D eigenvalue weighted by Crippen LogP contribution is -2.54. The van der Waals surface area contributed by atoms with Crippen molar-refractivity contribution in [3.8, 4) is 0 Å². The van der Waals surface area contributed by atoms with Gasteiger partial charge in [-0.1, -0.05) is 0 Å². The third-order valence-electron chi connectivity index (χ3n) is 11.3. The van der Waals surface area contributed by atoms with E-state index in [1.54, 1.807) is 12.3 Å². The number of hydrogen-bond acceptors (Lipinski definition) is 9. The van der Waals surface area contributed by atoms with Crippen LogP contribution in [0.1, 0.15) is 63.2 Å². The lowest BCUT2D eigenvalue weighted by atomic mass is 9.95. The maximum atomic E-state index is 15.4. The minimum absolute atomic E-state index is 0.00740. The predicted molar refractivity (Wildman–Crippen MR) is 198 cm³/mol. The van der Waals surface area contributed by atoms with Gasteiger partial charge in [-0.3, -0.25) is 43.9 Å². The molecular formula is C39H40F2N8O6. The predicted octanol–water partition coefficient (Wildman–Crippen LogP) is 2.97. The molecule has 5 aliphatic rings. The van der Waals surface area contributed by atoms with Gasteiger partial charge in [0.05, 0.1) is 34.6 Å². The normalized spacial score (nSPS) is 21.6. The summed E-state index contributed by atoms with van der Waals surface area (Å²) in [7, 11) is 0. The molecule has 0 aliphatic carbocycles. The summed E-state index contributed by atoms with van der Waals surface area (Å²) in [6.45, 7) is 7.17. The molecule has 8 rings (SSSR count). The first kappa shape index (κ1) is 36.2. The van der Waals surface area contributed by atoms with Gasteiger partial charge in [-0.05, 0) is 74.1 Å². The Hall–Kier alpha value is -5.74. The molecule has 0 bridgehead atoms. The molecule has 286 valence electrons. The molecule has 6 heterocycles. The Balaban J connectivity index is 0.800. The number of hydrogen-bond donors (Lipinski definition) is 4. The SMILES string of the molecule is Cc1c(NC(=O)CN2CCN(CC3CCN(c4cc5c(cc4F)C(=O)N(C4CCC(=O)NC4=O)C5=O)CC3)CC2)c[nH]c1/C=C1\C(=O)Nc2ccc(F)cc21. The molecule has 6 amide bonds. The van der Waals surface area contributed by atoms with Gasteiger partial charge in [0, 0.05) is 75.4 Å². The highest BCUT2D eigenvalue weighted by Gasteiger charge is 2.45. The number of imide groups is 2. The molecule has 1 aromatic heterocycles. The van der Waals surface area contributed by atoms with E-state index in [4.69, 9.17) is 0 Å². The minimum Gasteiger partial charge on any atom is -0.369 e. The first-order chi connectivity index (χ1) is 26.4. The summed E-state index contributed by atoms with van der Waals surface area (Å²) in [4.78, 5) is 86.2. The molecule has 1 unspecified atom stereocenters. The molecule has 1 atom stereocenters. The van der Waals surface area contributed by atoms with E-state index < -0.39 is 41.3 Å². The molecule has 14 nitrogen and oxygen atoms in total. The van der Waals surface area contributed by atoms with E-state index in [-0.39, 0.29) is 48.0 Å². The molecule has 5 aliphatic heterocycles. The van der Waals surface area contributed by atoms with Crippen LogP contribution in [0.4, 0.5) is 25.8 Å². The Morgan fingerprint density at radius 1 is 0.873 bits per heavy atom. The largest absolute Gasteiger partial charge is 0.369 e. The van der Waals surface area contributed by atoms with Gasteiger partial charge in [-0.25, -0.2) is 8.78 Å². The smallest absolute Gasteiger partial charge is 0.262 e. The number of rotatable bonds is 8. The Labute approximate surface area is 314 Å². The molecule has 3 aromatic rings. The van der Waals surface area contributed by atoms with Gasteiger partial charge in [0.25, 0.3) is 17.7 Å². The van der Waals surface area contributed by atoms with Gasteiger partial charge >= 0.3 is 0 Å². The average Bonchev–Trinajstić information content (AvgIpc) is 3.74. The fourth-order valence-electron chi connectivity index (χ4n) is 8.20. The monoisotopic (exact) mass is 754 g/mol. The van der Waals surface area contributed by atoms with E-state index >= 15 is 4.39 Å². The molecule has 55 heavy (non-hydrogen) atoms. The second-order valence-corrected chi connectivity index (χ2v) is 14.8. The number of benzene rings is 2. The number of aromatic amines is 1. The number of nitrogens with one attached hydrogen (secondary N) is 4. The second kappa shape index (κ2) is 14.5. The van der Waals surface area contributed by atoms with Crippen molar-refractivity contribution in [1.29, 1.82) is 0 Å². The Kier molecular flexibility index (Phi) is 9.55. The van der Waals surface area contributed by atoms with Crippen LogP contribution < -0.4 is 20.9 Å². The van der Waals surface area contributed by atoms with Crippen molar-refractivity contribution in [2.75, 3.05) is 67.9 Å². The number of amides is 6. The number of halogens is 2. The Bertz CT molecular complexity index is 2170. The molecular weight excluding hydrogens is 714 g/mol. The lowest BCUT2D eigenvalue weighted by Gasteiger charge is -2.39. The summed E-state index contributed by atoms with van der Waals surface area (Å²) in [5.74, 6) is -3.69. The van der Waals surface area contributed by atoms with E-state index in [0.29, 0.717) is 47.2 Å². The van der Waals surface area contributed by atoms with Crippen molar-refractivity contribution < 1.29 is 37.5 Å². The van der Waals surface area contributed by atoms with Crippen molar-refractivity contribution in [2.24, 2.45) is 5.92 Å². The molecule has 3 saturated heterocycles. The molecule has 2 aromatic carbocycles. The summed E-state index contributed by atoms with van der Waals surface area (Å²) >= 11 is 0. The van der Waals surface area contributed by atoms with Crippen molar-refractivity contribution in [2.45, 2.75) is 38.6 Å². The Morgan fingerprint density at radius 2 is 1.58 bits per heavy atom. The summed E-state index contributed by atoms with van der Waals surface area (Å²) in [5, 5.41) is 7.87. The van der Waals surface area contributed by atoms with E-state index in [1.165, 1.54) is 24.3 Å². The number of aromatic nitrogens is 1. The summed E-state index contributed by atoms with van der Waals surface area (Å²) in [5.41, 5.74) is 3.61. The van der Waals surface area contributed by atoms with Gasteiger partial charge in [-0.2, -0.15) is 0 Å². The summed E-state index contributed by atoms with van der Waals surface area (Å²) in [6.07, 6.45) is 5.01. The van der Waals surface area contributed by atoms with Crippen molar-refractivity contribution in [3.63, 3.8) is 0 Å². The zero-order valence-electron chi connectivity index (χ0n) is 30.2. The fourth-order valence-corrected chi connectivity index (χ4v) is 8.20. The molecule has 0 spiro atoms. The zero-order valence-corrected chi connectivity index (χ0v) is 30.2. The van der Waals surface area contributed by atoms with Gasteiger partial charge in [0.15, 0.2) is 0 Å². The van der Waals surface area contributed by atoms with Crippen LogP contribution >= 0.6 is 0 Å². The van der Waals surface area contributed by atoms with Crippen LogP contribution in [0, 0.1) is 24.5 Å². The molecule has 0 radical (unpaired) electrons. The third kappa shape index (κ3) is 7.02. The first-order valence-electron chi connectivity index (χ1n) is 18.5. The van der Waals surface area contributed by atoms with Crippen LogP contribution in [0.3, 0.4) is 0 Å². The number of H-pyrrole nitrogens is 1. The molecule has 4 N–H and O–H groups in total. The molecule has 0 saturated carbocycles. The van der Waals surface area contributed by atoms with Gasteiger partial charge in [0.1, 0.15) is 17.7 Å². The highest BCUT2D eigenvalue weighted by molar-refractivity contribution is 6.35. The molecule has 16 heteroatoms. The summed E-state index contributed by atoms with van der Waals surface area (Å²) in [6, 6.07) is 5.53. The van der Waals surface area contributed by atoms with Crippen molar-refractivity contribution in [3.05, 3.63) is 76.1 Å². The quantitative estimate of drug-likeness (QED) is 0.200. The summed E-state index contributed by atoms with van der Waals surface area (Å²) < 4.78 is 29.3. The standard InChI is InChI=1S/C39H40F2N8O6/c1-21-30(16-25-24-14-23(40)2-3-29(24)44-36(25)52)42-18-31(21)43-35(51)20-47-12-10-46(11-13-47)19-22-6-8-48(9-7-22)33-17-27-26(15-28(33)41)38(54)49(39(27)55)32-4-5-34(50)45-37(32)53/h2-3,14-18,22,32,42H,4-13,19-20H2,1H3,(H,43,51)(H,44,52)(H,45,50,53)/b25-16-. The van der Waals surface area contributed by atoms with Crippen LogP contribution in [-0.2, 0) is 19.2 Å². The van der Waals surface area contributed by atoms with E-state index in [9.17, 15) is 33.2 Å². The van der Waals surface area contributed by atoms with Gasteiger partial charge in [-0.15, -0.1) is 0 Å². The average molecular weight is 755 g/mol. The number of fused-ring (bicyclic) bond motifs is 2. The van der Waals surface area contributed by atoms with Crippen LogP contribution in [0.5, 0.6) is 0 Å². The first-order valence-corrected chi connectivity index (χ1v) is 18.5. The van der Waals surface area contributed by atoms with Crippen molar-refractivity contribution in [1.82, 2.24) is 25.0 Å². The van der Waals surface area contributed by atoms with E-state index in [0.717, 1.165) is 62.1 Å². The number of piperazine rings is 1. The molecule has 3 fully saturated rings. The minimum atomic E-state index is -1.11. The maximum Gasteiger partial charge on any atom is 0.262 e. The second-order valence-electron chi connectivity index (χ2n) is 14.8. The number of carbonyl (C=O) groups excluding carboxylic acids is 6. The number of nitrogens with zero attached hydrogens (tertiary/aromatic N) is 4. The zero-order chi connectivity index (χ0) is 38.5. The van der Waals surface area contributed by atoms with E-state index in [1.807, 2.05) is 11.8 Å². The van der Waals surface area contributed by atoms with Crippen LogP contribution in [0.15, 0.2) is 36.5 Å². The topological polar surface area (TPSA) is 167 Å². The van der Waals surface area contributed by atoms with Crippen LogP contribution in [-0.4, -0.2) is 114 Å². The third-order valence-corrected chi connectivity index (χ3v) is 11.3.